The third-order valence-electron chi connectivity index (χ3n) is 5.12. The van der Waals surface area contributed by atoms with Gasteiger partial charge in [-0.25, -0.2) is 4.98 Å². The zero-order valence-corrected chi connectivity index (χ0v) is 14.1. The maximum absolute atomic E-state index is 5.86. The molecule has 2 saturated heterocycles. The second-order valence-corrected chi connectivity index (χ2v) is 6.69. The molecule has 0 saturated carbocycles. The Balaban J connectivity index is 1.48. The van der Waals surface area contributed by atoms with Gasteiger partial charge in [0.1, 0.15) is 5.82 Å². The minimum absolute atomic E-state index is 0.355. The lowest BCUT2D eigenvalue weighted by atomic mass is 9.93. The molecule has 0 unspecified atom stereocenters. The standard InChI is InChI=1S/C17H29N5O/c1-2-22-8-4-13(5-9-22)3-7-19-16-11-15(20-17(18)21-16)14-6-10-23-12-14/h11,13-14H,2-10,12H2,1H3,(H3,18,19,20,21)/t14-/m1/s1. The maximum Gasteiger partial charge on any atom is 0.222 e. The Morgan fingerprint density at radius 3 is 2.83 bits per heavy atom. The summed E-state index contributed by atoms with van der Waals surface area (Å²) in [6, 6.07) is 2.04. The molecular weight excluding hydrogens is 290 g/mol. The highest BCUT2D eigenvalue weighted by Gasteiger charge is 2.21. The molecule has 1 aromatic heterocycles. The van der Waals surface area contributed by atoms with Crippen LogP contribution in [0.25, 0.3) is 0 Å². The van der Waals surface area contributed by atoms with Crippen molar-refractivity contribution in [2.45, 2.75) is 38.5 Å². The molecule has 3 rings (SSSR count). The van der Waals surface area contributed by atoms with Gasteiger partial charge in [0, 0.05) is 25.1 Å². The third-order valence-corrected chi connectivity index (χ3v) is 5.12. The van der Waals surface area contributed by atoms with Gasteiger partial charge in [0.25, 0.3) is 0 Å². The first-order valence-electron chi connectivity index (χ1n) is 8.93. The summed E-state index contributed by atoms with van der Waals surface area (Å²) in [6.07, 6.45) is 4.84. The first kappa shape index (κ1) is 16.5. The number of aromatic nitrogens is 2. The lowest BCUT2D eigenvalue weighted by Gasteiger charge is -2.31. The van der Waals surface area contributed by atoms with Crippen molar-refractivity contribution < 1.29 is 4.74 Å². The molecule has 3 heterocycles. The number of nitrogens with two attached hydrogens (primary N) is 1. The molecule has 128 valence electrons. The van der Waals surface area contributed by atoms with Gasteiger partial charge in [-0.2, -0.15) is 4.98 Å². The van der Waals surface area contributed by atoms with E-state index in [0.29, 0.717) is 11.9 Å². The monoisotopic (exact) mass is 319 g/mol. The van der Waals surface area contributed by atoms with E-state index in [2.05, 4.69) is 27.1 Å². The number of nitrogens with one attached hydrogen (secondary N) is 1. The molecule has 0 spiro atoms. The summed E-state index contributed by atoms with van der Waals surface area (Å²) >= 11 is 0. The minimum atomic E-state index is 0.355. The Labute approximate surface area is 138 Å². The first-order valence-corrected chi connectivity index (χ1v) is 8.93. The van der Waals surface area contributed by atoms with E-state index < -0.39 is 0 Å². The number of anilines is 2. The highest BCUT2D eigenvalue weighted by Crippen LogP contribution is 2.26. The van der Waals surface area contributed by atoms with E-state index in [0.717, 1.165) is 43.6 Å². The molecule has 0 radical (unpaired) electrons. The van der Waals surface area contributed by atoms with Crippen molar-refractivity contribution in [1.82, 2.24) is 14.9 Å². The third kappa shape index (κ3) is 4.54. The zero-order valence-electron chi connectivity index (χ0n) is 14.1. The number of hydrogen-bond acceptors (Lipinski definition) is 6. The number of ether oxygens (including phenoxy) is 1. The lowest BCUT2D eigenvalue weighted by Crippen LogP contribution is -2.33. The summed E-state index contributed by atoms with van der Waals surface area (Å²) in [7, 11) is 0. The molecule has 0 bridgehead atoms. The molecule has 1 aromatic rings. The molecule has 2 fully saturated rings. The average molecular weight is 319 g/mol. The molecule has 0 aliphatic carbocycles. The van der Waals surface area contributed by atoms with Crippen LogP contribution in [0.2, 0.25) is 0 Å². The van der Waals surface area contributed by atoms with Crippen LogP contribution in [0.4, 0.5) is 11.8 Å². The normalized spacial score (nSPS) is 23.3. The van der Waals surface area contributed by atoms with Crippen LogP contribution in [-0.4, -0.2) is 54.3 Å². The Morgan fingerprint density at radius 1 is 1.30 bits per heavy atom. The summed E-state index contributed by atoms with van der Waals surface area (Å²) in [5, 5.41) is 3.44. The Bertz CT molecular complexity index is 496. The number of nitrogens with zero attached hydrogens (tertiary/aromatic N) is 3. The van der Waals surface area contributed by atoms with Crippen molar-refractivity contribution in [3.05, 3.63) is 11.8 Å². The second-order valence-electron chi connectivity index (χ2n) is 6.69. The first-order chi connectivity index (χ1) is 11.2. The van der Waals surface area contributed by atoms with Gasteiger partial charge in [-0.15, -0.1) is 0 Å². The molecule has 6 nitrogen and oxygen atoms in total. The topological polar surface area (TPSA) is 76.3 Å². The molecule has 23 heavy (non-hydrogen) atoms. The average Bonchev–Trinajstić information content (AvgIpc) is 3.09. The van der Waals surface area contributed by atoms with E-state index >= 15 is 0 Å². The van der Waals surface area contributed by atoms with E-state index in [4.69, 9.17) is 10.5 Å². The quantitative estimate of drug-likeness (QED) is 0.836. The molecule has 2 aliphatic heterocycles. The van der Waals surface area contributed by atoms with Crippen LogP contribution < -0.4 is 11.1 Å². The molecule has 0 aromatic carbocycles. The number of hydrogen-bond donors (Lipinski definition) is 2. The fourth-order valence-corrected chi connectivity index (χ4v) is 3.55. The van der Waals surface area contributed by atoms with Gasteiger partial charge in [-0.05, 0) is 51.2 Å². The zero-order chi connectivity index (χ0) is 16.1. The summed E-state index contributed by atoms with van der Waals surface area (Å²) in [5.41, 5.74) is 6.87. The molecule has 6 heteroatoms. The highest BCUT2D eigenvalue weighted by molar-refractivity contribution is 5.41. The van der Waals surface area contributed by atoms with Crippen molar-refractivity contribution in [3.8, 4) is 0 Å². The maximum atomic E-state index is 5.86. The Kier molecular flexibility index (Phi) is 5.67. The van der Waals surface area contributed by atoms with Crippen LogP contribution in [0.1, 0.15) is 44.2 Å². The van der Waals surface area contributed by atoms with Crippen molar-refractivity contribution in [2.75, 3.05) is 50.4 Å². The van der Waals surface area contributed by atoms with E-state index in [-0.39, 0.29) is 0 Å². The predicted octanol–water partition coefficient (Wildman–Crippen LogP) is 2.10. The minimum Gasteiger partial charge on any atom is -0.381 e. The fraction of sp³-hybridized carbons (Fsp3) is 0.765. The largest absolute Gasteiger partial charge is 0.381 e. The van der Waals surface area contributed by atoms with Crippen molar-refractivity contribution in [3.63, 3.8) is 0 Å². The fourth-order valence-electron chi connectivity index (χ4n) is 3.55. The van der Waals surface area contributed by atoms with Crippen LogP contribution in [0.5, 0.6) is 0 Å². The van der Waals surface area contributed by atoms with E-state index in [1.54, 1.807) is 0 Å². The predicted molar refractivity (Wildman–Crippen MR) is 92.6 cm³/mol. The SMILES string of the molecule is CCN1CCC(CCNc2cc([C@@H]3CCOC3)nc(N)n2)CC1. The highest BCUT2D eigenvalue weighted by atomic mass is 16.5. The van der Waals surface area contributed by atoms with Gasteiger partial charge in [0.05, 0.1) is 12.3 Å². The molecule has 2 aliphatic rings. The summed E-state index contributed by atoms with van der Waals surface area (Å²) < 4.78 is 5.44. The number of likely N-dealkylation sites (tertiary alicyclic amines) is 1. The van der Waals surface area contributed by atoms with Crippen LogP contribution in [0.15, 0.2) is 6.07 Å². The second kappa shape index (κ2) is 7.93. The van der Waals surface area contributed by atoms with E-state index in [9.17, 15) is 0 Å². The van der Waals surface area contributed by atoms with Crippen molar-refractivity contribution in [1.29, 1.82) is 0 Å². The summed E-state index contributed by atoms with van der Waals surface area (Å²) in [5.74, 6) is 2.39. The van der Waals surface area contributed by atoms with Gasteiger partial charge in [-0.1, -0.05) is 6.92 Å². The van der Waals surface area contributed by atoms with Gasteiger partial charge in [-0.3, -0.25) is 0 Å². The smallest absolute Gasteiger partial charge is 0.222 e. The lowest BCUT2D eigenvalue weighted by molar-refractivity contribution is 0.189. The molecule has 3 N–H and O–H groups in total. The molecule has 1 atom stereocenters. The van der Waals surface area contributed by atoms with Crippen molar-refractivity contribution >= 4 is 11.8 Å². The van der Waals surface area contributed by atoms with Gasteiger partial charge < -0.3 is 20.7 Å². The Morgan fingerprint density at radius 2 is 2.13 bits per heavy atom. The summed E-state index contributed by atoms with van der Waals surface area (Å²) in [6.45, 7) is 8.42. The van der Waals surface area contributed by atoms with Gasteiger partial charge in [0.15, 0.2) is 0 Å². The van der Waals surface area contributed by atoms with Crippen LogP contribution in [-0.2, 0) is 4.74 Å². The number of rotatable bonds is 6. The number of piperidine rings is 1. The van der Waals surface area contributed by atoms with Crippen LogP contribution >= 0.6 is 0 Å². The van der Waals surface area contributed by atoms with Gasteiger partial charge in [0.2, 0.25) is 5.95 Å². The van der Waals surface area contributed by atoms with Crippen LogP contribution in [0.3, 0.4) is 0 Å². The summed E-state index contributed by atoms with van der Waals surface area (Å²) in [4.78, 5) is 11.2. The van der Waals surface area contributed by atoms with E-state index in [1.807, 2.05) is 6.07 Å². The number of nitrogen functional groups attached to an aromatic ring is 1. The van der Waals surface area contributed by atoms with Crippen molar-refractivity contribution in [2.24, 2.45) is 5.92 Å². The van der Waals surface area contributed by atoms with Gasteiger partial charge >= 0.3 is 0 Å². The van der Waals surface area contributed by atoms with E-state index in [1.165, 1.54) is 38.9 Å². The van der Waals surface area contributed by atoms with Crippen LogP contribution in [0, 0.1) is 5.92 Å². The molecular formula is C17H29N5O. The molecule has 0 amide bonds. The Hall–Kier alpha value is -1.40.